The molecule has 2 aromatic carbocycles. The van der Waals surface area contributed by atoms with Crippen molar-refractivity contribution in [2.24, 2.45) is 0 Å². The van der Waals surface area contributed by atoms with Crippen LogP contribution in [-0.4, -0.2) is 5.21 Å². The van der Waals surface area contributed by atoms with E-state index >= 15 is 0 Å². The predicted molar refractivity (Wildman–Crippen MR) is 86.4 cm³/mol. The van der Waals surface area contributed by atoms with Gasteiger partial charge in [0.1, 0.15) is 0 Å². The highest BCUT2D eigenvalue weighted by atomic mass is 35.5. The zero-order chi connectivity index (χ0) is 14.0. The lowest BCUT2D eigenvalue weighted by Gasteiger charge is -2.13. The minimum atomic E-state index is -0.0332. The van der Waals surface area contributed by atoms with Gasteiger partial charge in [-0.25, -0.2) is 0 Å². The summed E-state index contributed by atoms with van der Waals surface area (Å²) in [4.78, 5) is 2.71. The maximum Gasteiger partial charge on any atom is 0.192 e. The highest BCUT2D eigenvalue weighted by molar-refractivity contribution is 7.98. The second-order valence-corrected chi connectivity index (χ2v) is 7.45. The molecule has 0 heterocycles. The van der Waals surface area contributed by atoms with Crippen molar-refractivity contribution in [2.45, 2.75) is 37.5 Å². The summed E-state index contributed by atoms with van der Waals surface area (Å²) < 4.78 is 0. The van der Waals surface area contributed by atoms with Crippen molar-refractivity contribution in [3.63, 3.8) is 0 Å². The van der Waals surface area contributed by atoms with Crippen molar-refractivity contribution in [3.05, 3.63) is 58.7 Å². The maximum atomic E-state index is 6.27. The van der Waals surface area contributed by atoms with Gasteiger partial charge in [-0.2, -0.15) is 0 Å². The summed E-state index contributed by atoms with van der Waals surface area (Å²) >= 11 is 6.27. The van der Waals surface area contributed by atoms with Crippen LogP contribution in [0.15, 0.2) is 46.2 Å². The van der Waals surface area contributed by atoms with Crippen LogP contribution in [0.2, 0.25) is 0 Å². The molecule has 0 amide bonds. The van der Waals surface area contributed by atoms with Crippen molar-refractivity contribution < 1.29 is 0 Å². The molecule has 0 saturated heterocycles. The Morgan fingerprint density at radius 1 is 0.895 bits per heavy atom. The van der Waals surface area contributed by atoms with Crippen LogP contribution >= 0.6 is 11.6 Å². The van der Waals surface area contributed by atoms with Gasteiger partial charge in [-0.1, -0.05) is 29.8 Å². The van der Waals surface area contributed by atoms with Crippen LogP contribution in [0.3, 0.4) is 0 Å². The average Bonchev–Trinajstić information content (AvgIpc) is 2.44. The maximum absolute atomic E-state index is 6.27. The van der Waals surface area contributed by atoms with Crippen LogP contribution in [0, 0.1) is 27.7 Å². The number of halogens is 1. The van der Waals surface area contributed by atoms with E-state index in [1.54, 1.807) is 0 Å². The first kappa shape index (κ1) is 14.5. The van der Waals surface area contributed by atoms with Gasteiger partial charge in [0, 0.05) is 5.56 Å². The van der Waals surface area contributed by atoms with Gasteiger partial charge in [-0.3, -0.25) is 0 Å². The fraction of sp³-hybridized carbons (Fsp3) is 0.294. The lowest BCUT2D eigenvalue weighted by Crippen LogP contribution is -2.09. The van der Waals surface area contributed by atoms with E-state index < -0.39 is 0 Å². The van der Waals surface area contributed by atoms with Crippen molar-refractivity contribution in [3.8, 4) is 0 Å². The van der Waals surface area contributed by atoms with Crippen molar-refractivity contribution in [1.82, 2.24) is 0 Å². The van der Waals surface area contributed by atoms with Gasteiger partial charge in [-0.15, -0.1) is 0 Å². The molecule has 19 heavy (non-hydrogen) atoms. The number of alkyl halides is 1. The van der Waals surface area contributed by atoms with E-state index in [-0.39, 0.29) is 10.9 Å². The molecule has 0 fully saturated rings. The van der Waals surface area contributed by atoms with Crippen molar-refractivity contribution in [2.75, 3.05) is 5.21 Å². The summed E-state index contributed by atoms with van der Waals surface area (Å²) in [6, 6.07) is 12.9. The molecular formula is C17H20ClS+. The van der Waals surface area contributed by atoms with Crippen LogP contribution in [0.25, 0.3) is 0 Å². The van der Waals surface area contributed by atoms with Gasteiger partial charge in [0.05, 0.1) is 10.9 Å². The summed E-state index contributed by atoms with van der Waals surface area (Å²) in [5.74, 6) is 0. The standard InChI is InChI=1S/C17H20ClS/c1-12-10-17(15(4)14(3)13(12)2)19(11-18)16-8-6-5-7-9-16/h5-10H,11H2,1-4H3/q+1. The largest absolute Gasteiger partial charge is 0.192 e. The van der Waals surface area contributed by atoms with Gasteiger partial charge in [-0.05, 0) is 62.6 Å². The van der Waals surface area contributed by atoms with E-state index in [9.17, 15) is 0 Å². The first-order valence-corrected chi connectivity index (χ1v) is 8.38. The Kier molecular flexibility index (Phi) is 4.59. The molecule has 0 saturated carbocycles. The summed E-state index contributed by atoms with van der Waals surface area (Å²) in [5, 5.41) is 0.646. The number of hydrogen-bond acceptors (Lipinski definition) is 0. The number of rotatable bonds is 3. The second-order valence-electron chi connectivity index (χ2n) is 4.88. The highest BCUT2D eigenvalue weighted by Gasteiger charge is 2.27. The van der Waals surface area contributed by atoms with E-state index in [0.717, 1.165) is 0 Å². The third-order valence-corrected chi connectivity index (χ3v) is 6.51. The van der Waals surface area contributed by atoms with E-state index in [1.165, 1.54) is 32.0 Å². The molecule has 0 aliphatic carbocycles. The Bertz CT molecular complexity index is 576. The van der Waals surface area contributed by atoms with E-state index in [0.29, 0.717) is 5.21 Å². The zero-order valence-corrected chi connectivity index (χ0v) is 13.5. The van der Waals surface area contributed by atoms with E-state index in [1.807, 2.05) is 0 Å². The Balaban J connectivity index is 2.57. The third kappa shape index (κ3) is 2.82. The zero-order valence-electron chi connectivity index (χ0n) is 12.0. The topological polar surface area (TPSA) is 0 Å². The number of aryl methyl sites for hydroxylation is 1. The Morgan fingerprint density at radius 3 is 2.11 bits per heavy atom. The molecular weight excluding hydrogens is 272 g/mol. The molecule has 0 bridgehead atoms. The monoisotopic (exact) mass is 291 g/mol. The number of benzene rings is 2. The summed E-state index contributed by atoms with van der Waals surface area (Å²) in [6.07, 6.45) is 0. The summed E-state index contributed by atoms with van der Waals surface area (Å²) in [5.41, 5.74) is 5.54. The molecule has 0 aliphatic rings. The minimum Gasteiger partial charge on any atom is -0.0672 e. The van der Waals surface area contributed by atoms with Crippen LogP contribution in [-0.2, 0) is 10.9 Å². The van der Waals surface area contributed by atoms with E-state index in [2.05, 4.69) is 64.1 Å². The van der Waals surface area contributed by atoms with Gasteiger partial charge in [0.15, 0.2) is 15.0 Å². The van der Waals surface area contributed by atoms with Crippen molar-refractivity contribution in [1.29, 1.82) is 0 Å². The van der Waals surface area contributed by atoms with Crippen LogP contribution in [0.5, 0.6) is 0 Å². The van der Waals surface area contributed by atoms with Gasteiger partial charge < -0.3 is 0 Å². The van der Waals surface area contributed by atoms with Crippen molar-refractivity contribution >= 4 is 22.5 Å². The molecule has 0 N–H and O–H groups in total. The SMILES string of the molecule is Cc1cc([S+](CCl)c2ccccc2)c(C)c(C)c1C. The molecule has 0 aliphatic heterocycles. The molecule has 0 radical (unpaired) electrons. The molecule has 0 nitrogen and oxygen atoms in total. The van der Waals surface area contributed by atoms with Gasteiger partial charge in [0.2, 0.25) is 0 Å². The van der Waals surface area contributed by atoms with Crippen LogP contribution in [0.4, 0.5) is 0 Å². The fourth-order valence-electron chi connectivity index (χ4n) is 2.26. The first-order chi connectivity index (χ1) is 9.06. The molecule has 0 spiro atoms. The molecule has 2 aromatic rings. The Labute approximate surface area is 124 Å². The average molecular weight is 292 g/mol. The van der Waals surface area contributed by atoms with E-state index in [4.69, 9.17) is 11.6 Å². The molecule has 1 unspecified atom stereocenters. The first-order valence-electron chi connectivity index (χ1n) is 6.45. The van der Waals surface area contributed by atoms with Gasteiger partial charge in [0.25, 0.3) is 0 Å². The molecule has 0 aromatic heterocycles. The predicted octanol–water partition coefficient (Wildman–Crippen LogP) is 5.15. The lowest BCUT2D eigenvalue weighted by molar-refractivity contribution is 1.14. The Morgan fingerprint density at radius 2 is 1.53 bits per heavy atom. The van der Waals surface area contributed by atoms with Crippen LogP contribution < -0.4 is 0 Å². The lowest BCUT2D eigenvalue weighted by atomic mass is 10.00. The normalized spacial score (nSPS) is 12.5. The minimum absolute atomic E-state index is 0.0332. The fourth-order valence-corrected chi connectivity index (χ4v) is 4.82. The molecule has 100 valence electrons. The summed E-state index contributed by atoms with van der Waals surface area (Å²) in [7, 11) is -0.0332. The van der Waals surface area contributed by atoms with Crippen LogP contribution in [0.1, 0.15) is 22.3 Å². The smallest absolute Gasteiger partial charge is 0.0672 e. The van der Waals surface area contributed by atoms with Gasteiger partial charge >= 0.3 is 0 Å². The highest BCUT2D eigenvalue weighted by Crippen LogP contribution is 2.31. The Hall–Kier alpha value is -0.920. The molecule has 2 heteroatoms. The molecule has 2 rings (SSSR count). The molecule has 1 atom stereocenters. The number of hydrogen-bond donors (Lipinski definition) is 0. The second kappa shape index (κ2) is 6.02. The third-order valence-electron chi connectivity index (χ3n) is 3.84. The quantitative estimate of drug-likeness (QED) is 0.542. The summed E-state index contributed by atoms with van der Waals surface area (Å²) in [6.45, 7) is 8.81.